The molecule has 0 aromatic rings. The molecule has 3 heteroatoms. The smallest absolute Gasteiger partial charge is 0.183 e. The first-order chi connectivity index (χ1) is 6.17. The lowest BCUT2D eigenvalue weighted by Crippen LogP contribution is -2.45. The second-order valence-electron chi connectivity index (χ2n) is 3.53. The highest BCUT2D eigenvalue weighted by atomic mass is 79.9. The van der Waals surface area contributed by atoms with E-state index in [9.17, 15) is 0 Å². The van der Waals surface area contributed by atoms with Crippen LogP contribution in [-0.2, 0) is 9.47 Å². The van der Waals surface area contributed by atoms with Gasteiger partial charge in [-0.2, -0.15) is 0 Å². The molecule has 2 unspecified atom stereocenters. The van der Waals surface area contributed by atoms with Crippen molar-refractivity contribution < 1.29 is 9.47 Å². The lowest BCUT2D eigenvalue weighted by molar-refractivity contribution is -0.245. The Morgan fingerprint density at radius 3 is 2.08 bits per heavy atom. The first-order valence-electron chi connectivity index (χ1n) is 5.09. The van der Waals surface area contributed by atoms with Gasteiger partial charge in [0.15, 0.2) is 5.79 Å². The molecule has 1 saturated carbocycles. The number of ether oxygens (including phenoxy) is 2. The van der Waals surface area contributed by atoms with Crippen molar-refractivity contribution in [2.24, 2.45) is 5.92 Å². The Morgan fingerprint density at radius 1 is 1.23 bits per heavy atom. The summed E-state index contributed by atoms with van der Waals surface area (Å²) >= 11 is 3.65. The van der Waals surface area contributed by atoms with Crippen LogP contribution in [0.1, 0.15) is 33.6 Å². The van der Waals surface area contributed by atoms with Crippen LogP contribution in [0.2, 0.25) is 0 Å². The minimum absolute atomic E-state index is 0.342. The molecule has 0 radical (unpaired) electrons. The van der Waals surface area contributed by atoms with Gasteiger partial charge in [0.25, 0.3) is 0 Å². The molecule has 0 amide bonds. The Labute approximate surface area is 89.1 Å². The molecule has 0 aromatic carbocycles. The van der Waals surface area contributed by atoms with Crippen LogP contribution < -0.4 is 0 Å². The van der Waals surface area contributed by atoms with Crippen LogP contribution in [0.3, 0.4) is 0 Å². The fourth-order valence-corrected chi connectivity index (χ4v) is 3.05. The van der Waals surface area contributed by atoms with Crippen molar-refractivity contribution in [1.29, 1.82) is 0 Å². The van der Waals surface area contributed by atoms with Gasteiger partial charge in [-0.3, -0.25) is 0 Å². The van der Waals surface area contributed by atoms with Crippen molar-refractivity contribution in [2.45, 2.75) is 44.2 Å². The minimum Gasteiger partial charge on any atom is -0.349 e. The van der Waals surface area contributed by atoms with Gasteiger partial charge in [-0.25, -0.2) is 0 Å². The predicted molar refractivity (Wildman–Crippen MR) is 57.1 cm³/mol. The van der Waals surface area contributed by atoms with E-state index in [1.54, 1.807) is 0 Å². The fourth-order valence-electron chi connectivity index (χ4n) is 2.07. The number of halogens is 1. The zero-order chi connectivity index (χ0) is 9.90. The summed E-state index contributed by atoms with van der Waals surface area (Å²) < 4.78 is 11.6. The van der Waals surface area contributed by atoms with Crippen molar-refractivity contribution in [3.63, 3.8) is 0 Å². The van der Waals surface area contributed by atoms with Crippen LogP contribution in [0.15, 0.2) is 0 Å². The molecule has 78 valence electrons. The summed E-state index contributed by atoms with van der Waals surface area (Å²) in [5, 5.41) is 0. The maximum Gasteiger partial charge on any atom is 0.183 e. The van der Waals surface area contributed by atoms with E-state index in [0.717, 1.165) is 6.42 Å². The van der Waals surface area contributed by atoms with E-state index < -0.39 is 0 Å². The molecule has 0 spiro atoms. The quantitative estimate of drug-likeness (QED) is 0.565. The maximum absolute atomic E-state index is 5.79. The van der Waals surface area contributed by atoms with Gasteiger partial charge in [-0.1, -0.05) is 22.9 Å². The molecule has 0 bridgehead atoms. The molecule has 1 rings (SSSR count). The summed E-state index contributed by atoms with van der Waals surface area (Å²) in [6, 6.07) is 0. The first kappa shape index (κ1) is 11.5. The van der Waals surface area contributed by atoms with Crippen LogP contribution in [0, 0.1) is 5.92 Å². The Morgan fingerprint density at radius 2 is 1.77 bits per heavy atom. The normalized spacial score (nSPS) is 32.3. The van der Waals surface area contributed by atoms with Crippen molar-refractivity contribution in [3.05, 3.63) is 0 Å². The summed E-state index contributed by atoms with van der Waals surface area (Å²) in [6.45, 7) is 7.67. The van der Waals surface area contributed by atoms with Gasteiger partial charge < -0.3 is 9.47 Å². The van der Waals surface area contributed by atoms with Gasteiger partial charge in [0, 0.05) is 19.1 Å². The SMILES string of the molecule is CCOC1(OCC)C(C)CCC1Br. The monoisotopic (exact) mass is 250 g/mol. The average Bonchev–Trinajstić information content (AvgIpc) is 2.35. The van der Waals surface area contributed by atoms with Crippen LogP contribution in [0.25, 0.3) is 0 Å². The lowest BCUT2D eigenvalue weighted by Gasteiger charge is -2.36. The number of alkyl halides is 1. The highest BCUT2D eigenvalue weighted by Crippen LogP contribution is 2.43. The molecule has 1 aliphatic rings. The largest absolute Gasteiger partial charge is 0.349 e. The zero-order valence-corrected chi connectivity index (χ0v) is 10.3. The number of hydrogen-bond acceptors (Lipinski definition) is 2. The molecule has 0 saturated heterocycles. The van der Waals surface area contributed by atoms with Gasteiger partial charge >= 0.3 is 0 Å². The third-order valence-electron chi connectivity index (χ3n) is 2.72. The van der Waals surface area contributed by atoms with E-state index in [2.05, 4.69) is 22.9 Å². The van der Waals surface area contributed by atoms with E-state index in [1.165, 1.54) is 6.42 Å². The van der Waals surface area contributed by atoms with Gasteiger partial charge in [0.1, 0.15) is 0 Å². The number of rotatable bonds is 4. The summed E-state index contributed by atoms with van der Waals surface area (Å²) in [5.74, 6) is 0.112. The second kappa shape index (κ2) is 4.76. The molecule has 2 nitrogen and oxygen atoms in total. The van der Waals surface area contributed by atoms with E-state index >= 15 is 0 Å². The second-order valence-corrected chi connectivity index (χ2v) is 4.64. The van der Waals surface area contributed by atoms with Crippen molar-refractivity contribution in [3.8, 4) is 0 Å². The molecule has 1 aliphatic carbocycles. The maximum atomic E-state index is 5.79. The summed E-state index contributed by atoms with van der Waals surface area (Å²) in [5.41, 5.74) is 0. The molecular formula is C10H19BrO2. The summed E-state index contributed by atoms with van der Waals surface area (Å²) in [7, 11) is 0. The third kappa shape index (κ3) is 2.08. The molecule has 1 fully saturated rings. The van der Waals surface area contributed by atoms with E-state index in [-0.39, 0.29) is 5.79 Å². The Kier molecular flexibility index (Phi) is 4.20. The Hall–Kier alpha value is 0.400. The first-order valence-corrected chi connectivity index (χ1v) is 6.00. The molecular weight excluding hydrogens is 232 g/mol. The number of hydrogen-bond donors (Lipinski definition) is 0. The van der Waals surface area contributed by atoms with Crippen LogP contribution in [0.5, 0.6) is 0 Å². The van der Waals surface area contributed by atoms with Gasteiger partial charge in [-0.05, 0) is 26.7 Å². The van der Waals surface area contributed by atoms with Gasteiger partial charge in [-0.15, -0.1) is 0 Å². The fraction of sp³-hybridized carbons (Fsp3) is 1.00. The predicted octanol–water partition coefficient (Wildman–Crippen LogP) is 2.95. The minimum atomic E-state index is -0.372. The van der Waals surface area contributed by atoms with Crippen LogP contribution in [0.4, 0.5) is 0 Å². The average molecular weight is 251 g/mol. The topological polar surface area (TPSA) is 18.5 Å². The molecule has 13 heavy (non-hydrogen) atoms. The molecule has 0 aliphatic heterocycles. The highest BCUT2D eigenvalue weighted by Gasteiger charge is 2.49. The Bertz CT molecular complexity index is 143. The van der Waals surface area contributed by atoms with E-state index in [4.69, 9.17) is 9.47 Å². The van der Waals surface area contributed by atoms with Crippen molar-refractivity contribution in [1.82, 2.24) is 0 Å². The van der Waals surface area contributed by atoms with Crippen molar-refractivity contribution in [2.75, 3.05) is 13.2 Å². The van der Waals surface area contributed by atoms with Gasteiger partial charge in [0.2, 0.25) is 0 Å². The highest BCUT2D eigenvalue weighted by molar-refractivity contribution is 9.09. The van der Waals surface area contributed by atoms with Crippen molar-refractivity contribution >= 4 is 15.9 Å². The van der Waals surface area contributed by atoms with Crippen LogP contribution >= 0.6 is 15.9 Å². The van der Waals surface area contributed by atoms with E-state index in [1.807, 2.05) is 13.8 Å². The summed E-state index contributed by atoms with van der Waals surface area (Å²) in [4.78, 5) is 0.342. The van der Waals surface area contributed by atoms with E-state index in [0.29, 0.717) is 24.0 Å². The van der Waals surface area contributed by atoms with Crippen LogP contribution in [-0.4, -0.2) is 23.8 Å². The standard InChI is InChI=1S/C10H19BrO2/c1-4-12-10(13-5-2)8(3)6-7-9(10)11/h8-9H,4-7H2,1-3H3. The van der Waals surface area contributed by atoms with Gasteiger partial charge in [0.05, 0.1) is 4.83 Å². The third-order valence-corrected chi connectivity index (χ3v) is 3.81. The summed E-state index contributed by atoms with van der Waals surface area (Å²) in [6.07, 6.45) is 2.32. The molecule has 0 aromatic heterocycles. The zero-order valence-electron chi connectivity index (χ0n) is 8.68. The lowest BCUT2D eigenvalue weighted by atomic mass is 10.1. The molecule has 2 atom stereocenters. The Balaban J connectivity index is 2.73. The molecule has 0 N–H and O–H groups in total. The molecule has 0 heterocycles.